The van der Waals surface area contributed by atoms with Gasteiger partial charge in [0.1, 0.15) is 0 Å². The lowest BCUT2D eigenvalue weighted by atomic mass is 9.88. The normalized spacial score (nSPS) is 15.5. The first kappa shape index (κ1) is 16.4. The quantitative estimate of drug-likeness (QED) is 0.739. The second-order valence-corrected chi connectivity index (χ2v) is 6.20. The first-order valence-electron chi connectivity index (χ1n) is 6.22. The molecular weight excluding hydrogens is 216 g/mol. The maximum atomic E-state index is 11.5. The van der Waals surface area contributed by atoms with Crippen LogP contribution in [0.15, 0.2) is 0 Å². The van der Waals surface area contributed by atoms with Crippen LogP contribution in [0.3, 0.4) is 0 Å². The van der Waals surface area contributed by atoms with Crippen molar-refractivity contribution in [1.29, 1.82) is 0 Å². The van der Waals surface area contributed by atoms with Gasteiger partial charge >= 0.3 is 0 Å². The molecule has 102 valence electrons. The monoisotopic (exact) mass is 244 g/mol. The van der Waals surface area contributed by atoms with Crippen LogP contribution in [0.5, 0.6) is 0 Å². The average Bonchev–Trinajstić information content (AvgIpc) is 2.14. The van der Waals surface area contributed by atoms with Gasteiger partial charge in [-0.2, -0.15) is 0 Å². The van der Waals surface area contributed by atoms with Gasteiger partial charge in [-0.1, -0.05) is 20.8 Å². The van der Waals surface area contributed by atoms with Crippen LogP contribution < -0.4 is 5.32 Å². The minimum absolute atomic E-state index is 0.0555. The molecule has 0 aromatic rings. The van der Waals surface area contributed by atoms with E-state index in [1.54, 1.807) is 19.0 Å². The number of aliphatic hydroxyl groups is 1. The lowest BCUT2D eigenvalue weighted by Crippen LogP contribution is -2.43. The van der Waals surface area contributed by atoms with E-state index in [1.165, 1.54) is 0 Å². The maximum absolute atomic E-state index is 11.5. The van der Waals surface area contributed by atoms with Crippen molar-refractivity contribution in [1.82, 2.24) is 10.2 Å². The van der Waals surface area contributed by atoms with Crippen molar-refractivity contribution in [3.8, 4) is 0 Å². The molecule has 1 amide bonds. The molecule has 0 spiro atoms. The predicted molar refractivity (Wildman–Crippen MR) is 70.9 cm³/mol. The third-order valence-electron chi connectivity index (χ3n) is 2.58. The first-order valence-corrected chi connectivity index (χ1v) is 6.22. The number of nitrogens with one attached hydrogen (secondary N) is 1. The summed E-state index contributed by atoms with van der Waals surface area (Å²) >= 11 is 0. The summed E-state index contributed by atoms with van der Waals surface area (Å²) in [6.45, 7) is 8.53. The van der Waals surface area contributed by atoms with Crippen LogP contribution >= 0.6 is 0 Å². The van der Waals surface area contributed by atoms with Crippen LogP contribution in [0.2, 0.25) is 0 Å². The minimum atomic E-state index is 0.0555. The summed E-state index contributed by atoms with van der Waals surface area (Å²) in [5, 5.41) is 12.6. The Morgan fingerprint density at radius 3 is 2.24 bits per heavy atom. The Hall–Kier alpha value is -0.610. The molecule has 0 aliphatic carbocycles. The van der Waals surface area contributed by atoms with Gasteiger partial charge in [-0.3, -0.25) is 4.79 Å². The number of nitrogens with zero attached hydrogens (tertiary/aromatic N) is 1. The summed E-state index contributed by atoms with van der Waals surface area (Å²) in [5.74, 6) is 0.109. The third-order valence-corrected chi connectivity index (χ3v) is 2.58. The molecule has 0 saturated heterocycles. The van der Waals surface area contributed by atoms with Crippen molar-refractivity contribution in [2.45, 2.75) is 52.6 Å². The van der Waals surface area contributed by atoms with E-state index >= 15 is 0 Å². The van der Waals surface area contributed by atoms with Crippen molar-refractivity contribution in [2.24, 2.45) is 5.41 Å². The SMILES string of the molecule is CC(CC(=O)N(C)C)NC(CO)CC(C)(C)C. The number of hydrogen-bond acceptors (Lipinski definition) is 3. The van der Waals surface area contributed by atoms with Crippen LogP contribution in [0.4, 0.5) is 0 Å². The molecule has 2 atom stereocenters. The zero-order valence-corrected chi connectivity index (χ0v) is 12.1. The van der Waals surface area contributed by atoms with Crippen molar-refractivity contribution in [2.75, 3.05) is 20.7 Å². The fourth-order valence-corrected chi connectivity index (χ4v) is 1.82. The molecule has 0 saturated carbocycles. The summed E-state index contributed by atoms with van der Waals surface area (Å²) in [7, 11) is 3.52. The molecule has 0 rings (SSSR count). The number of rotatable bonds is 6. The van der Waals surface area contributed by atoms with Gasteiger partial charge in [-0.15, -0.1) is 0 Å². The minimum Gasteiger partial charge on any atom is -0.395 e. The van der Waals surface area contributed by atoms with Gasteiger partial charge in [-0.05, 0) is 18.8 Å². The van der Waals surface area contributed by atoms with Gasteiger partial charge < -0.3 is 15.3 Å². The molecular formula is C13H28N2O2. The van der Waals surface area contributed by atoms with Gasteiger partial charge in [-0.25, -0.2) is 0 Å². The van der Waals surface area contributed by atoms with E-state index in [2.05, 4.69) is 26.1 Å². The zero-order chi connectivity index (χ0) is 13.6. The van der Waals surface area contributed by atoms with E-state index in [0.717, 1.165) is 6.42 Å². The van der Waals surface area contributed by atoms with Gasteiger partial charge in [0.05, 0.1) is 6.61 Å². The number of amides is 1. The molecule has 4 heteroatoms. The number of carbonyl (C=O) groups excluding carboxylic acids is 1. The summed E-state index contributed by atoms with van der Waals surface area (Å²) < 4.78 is 0. The largest absolute Gasteiger partial charge is 0.395 e. The standard InChI is InChI=1S/C13H28N2O2/c1-10(7-12(17)15(5)6)14-11(9-16)8-13(2,3)4/h10-11,14,16H,7-9H2,1-6H3. The lowest BCUT2D eigenvalue weighted by Gasteiger charge is -2.28. The average molecular weight is 244 g/mol. The molecule has 4 nitrogen and oxygen atoms in total. The molecule has 2 unspecified atom stereocenters. The highest BCUT2D eigenvalue weighted by Crippen LogP contribution is 2.20. The molecule has 0 aliphatic rings. The summed E-state index contributed by atoms with van der Waals surface area (Å²) in [6.07, 6.45) is 1.36. The Labute approximate surface area is 105 Å². The van der Waals surface area contributed by atoms with E-state index in [1.807, 2.05) is 6.92 Å². The molecule has 17 heavy (non-hydrogen) atoms. The highest BCUT2D eigenvalue weighted by Gasteiger charge is 2.20. The van der Waals surface area contributed by atoms with Gasteiger partial charge in [0.25, 0.3) is 0 Å². The van der Waals surface area contributed by atoms with E-state index < -0.39 is 0 Å². The van der Waals surface area contributed by atoms with Gasteiger partial charge in [0.15, 0.2) is 0 Å². The smallest absolute Gasteiger partial charge is 0.223 e. The van der Waals surface area contributed by atoms with Crippen LogP contribution in [0.1, 0.15) is 40.5 Å². The van der Waals surface area contributed by atoms with Gasteiger partial charge in [0, 0.05) is 32.6 Å². The topological polar surface area (TPSA) is 52.6 Å². The number of hydrogen-bond donors (Lipinski definition) is 2. The second-order valence-electron chi connectivity index (χ2n) is 6.20. The molecule has 0 bridgehead atoms. The lowest BCUT2D eigenvalue weighted by molar-refractivity contribution is -0.129. The molecule has 0 radical (unpaired) electrons. The molecule has 0 aromatic heterocycles. The Kier molecular flexibility index (Phi) is 6.72. The molecule has 0 heterocycles. The van der Waals surface area contributed by atoms with Crippen molar-refractivity contribution in [3.05, 3.63) is 0 Å². The van der Waals surface area contributed by atoms with E-state index in [4.69, 9.17) is 0 Å². The van der Waals surface area contributed by atoms with E-state index in [9.17, 15) is 9.90 Å². The van der Waals surface area contributed by atoms with Crippen LogP contribution in [0, 0.1) is 5.41 Å². The van der Waals surface area contributed by atoms with Crippen molar-refractivity contribution < 1.29 is 9.90 Å². The summed E-state index contributed by atoms with van der Waals surface area (Å²) in [4.78, 5) is 13.1. The summed E-state index contributed by atoms with van der Waals surface area (Å²) in [6, 6.07) is 0.143. The molecule has 0 aliphatic heterocycles. The fourth-order valence-electron chi connectivity index (χ4n) is 1.82. The summed E-state index contributed by atoms with van der Waals surface area (Å²) in [5.41, 5.74) is 0.172. The van der Waals surface area contributed by atoms with E-state index in [0.29, 0.717) is 6.42 Å². The fraction of sp³-hybridized carbons (Fsp3) is 0.923. The Morgan fingerprint density at radius 2 is 1.88 bits per heavy atom. The Bertz CT molecular complexity index is 234. The first-order chi connectivity index (χ1) is 7.65. The van der Waals surface area contributed by atoms with Crippen LogP contribution in [-0.4, -0.2) is 48.7 Å². The zero-order valence-electron chi connectivity index (χ0n) is 12.1. The second kappa shape index (κ2) is 6.97. The van der Waals surface area contributed by atoms with Crippen LogP contribution in [0.25, 0.3) is 0 Å². The highest BCUT2D eigenvalue weighted by atomic mass is 16.3. The predicted octanol–water partition coefficient (Wildman–Crippen LogP) is 1.24. The molecule has 0 fully saturated rings. The van der Waals surface area contributed by atoms with Crippen LogP contribution in [-0.2, 0) is 4.79 Å². The maximum Gasteiger partial charge on any atom is 0.223 e. The third kappa shape index (κ3) is 8.16. The van der Waals surface area contributed by atoms with E-state index in [-0.39, 0.29) is 30.0 Å². The van der Waals surface area contributed by atoms with Crippen molar-refractivity contribution in [3.63, 3.8) is 0 Å². The highest BCUT2D eigenvalue weighted by molar-refractivity contribution is 5.76. The Balaban J connectivity index is 4.15. The molecule has 2 N–H and O–H groups in total. The number of aliphatic hydroxyl groups excluding tert-OH is 1. The van der Waals surface area contributed by atoms with Gasteiger partial charge in [0.2, 0.25) is 5.91 Å². The molecule has 0 aromatic carbocycles. The number of carbonyl (C=O) groups is 1. The van der Waals surface area contributed by atoms with Crippen molar-refractivity contribution >= 4 is 5.91 Å². The Morgan fingerprint density at radius 1 is 1.35 bits per heavy atom.